The molecule has 2 aromatic carbocycles. The van der Waals surface area contributed by atoms with Gasteiger partial charge in [0, 0.05) is 5.56 Å². The van der Waals surface area contributed by atoms with Gasteiger partial charge in [0.2, 0.25) is 11.1 Å². The second-order valence-electron chi connectivity index (χ2n) is 5.75. The quantitative estimate of drug-likeness (QED) is 0.596. The van der Waals surface area contributed by atoms with Gasteiger partial charge in [0.15, 0.2) is 5.82 Å². The Morgan fingerprint density at radius 2 is 1.96 bits per heavy atom. The number of carbonyl (C=O) groups is 1. The van der Waals surface area contributed by atoms with Crippen molar-refractivity contribution in [3.05, 3.63) is 59.1 Å². The maximum absolute atomic E-state index is 12.4. The molecule has 134 valence electrons. The van der Waals surface area contributed by atoms with Gasteiger partial charge in [-0.3, -0.25) is 9.89 Å². The molecule has 0 aliphatic carbocycles. The number of carbonyl (C=O) groups excluding carboxylic acids is 1. The van der Waals surface area contributed by atoms with Gasteiger partial charge in [0.25, 0.3) is 0 Å². The van der Waals surface area contributed by atoms with Gasteiger partial charge in [-0.25, -0.2) is 4.98 Å². The molecule has 0 saturated heterocycles. The molecule has 1 aromatic heterocycles. The highest BCUT2D eigenvalue weighted by Crippen LogP contribution is 2.25. The van der Waals surface area contributed by atoms with Crippen LogP contribution >= 0.6 is 23.4 Å². The van der Waals surface area contributed by atoms with Crippen molar-refractivity contribution in [1.29, 1.82) is 0 Å². The minimum absolute atomic E-state index is 0.151. The highest BCUT2D eigenvalue weighted by atomic mass is 35.5. The third kappa shape index (κ3) is 4.45. The smallest absolute Gasteiger partial charge is 0.237 e. The maximum atomic E-state index is 12.4. The standard InChI is InChI=1S/C19H19ClN4OS/c1-3-13-8-10-14(11-9-13)17-22-19(24-23-17)26-12(2)18(25)21-16-7-5-4-6-15(16)20/h4-12H,3H2,1-2H3,(H,21,25)(H,22,23,24)/t12-/m1/s1. The zero-order valence-corrected chi connectivity index (χ0v) is 16.1. The van der Waals surface area contributed by atoms with Crippen molar-refractivity contribution in [1.82, 2.24) is 15.2 Å². The number of anilines is 1. The molecule has 3 aromatic rings. The van der Waals surface area contributed by atoms with Crippen molar-refractivity contribution < 1.29 is 4.79 Å². The predicted octanol–water partition coefficient (Wildman–Crippen LogP) is 4.81. The zero-order chi connectivity index (χ0) is 18.5. The largest absolute Gasteiger partial charge is 0.324 e. The number of H-pyrrole nitrogens is 1. The van der Waals surface area contributed by atoms with Gasteiger partial charge in [-0.05, 0) is 31.0 Å². The minimum Gasteiger partial charge on any atom is -0.324 e. The molecule has 26 heavy (non-hydrogen) atoms. The lowest BCUT2D eigenvalue weighted by atomic mass is 10.1. The van der Waals surface area contributed by atoms with Crippen molar-refractivity contribution in [2.24, 2.45) is 0 Å². The fourth-order valence-electron chi connectivity index (χ4n) is 2.34. The van der Waals surface area contributed by atoms with E-state index in [2.05, 4.69) is 39.6 Å². The summed E-state index contributed by atoms with van der Waals surface area (Å²) in [6.45, 7) is 3.93. The monoisotopic (exact) mass is 386 g/mol. The number of rotatable bonds is 6. The van der Waals surface area contributed by atoms with Crippen LogP contribution in [0.25, 0.3) is 11.4 Å². The summed E-state index contributed by atoms with van der Waals surface area (Å²) in [5, 5.41) is 10.6. The summed E-state index contributed by atoms with van der Waals surface area (Å²) in [5.74, 6) is 0.538. The number of nitrogens with one attached hydrogen (secondary N) is 2. The van der Waals surface area contributed by atoms with Gasteiger partial charge in [0.05, 0.1) is 16.0 Å². The Balaban J connectivity index is 1.64. The zero-order valence-electron chi connectivity index (χ0n) is 14.5. The second kappa shape index (κ2) is 8.38. The van der Waals surface area contributed by atoms with E-state index in [9.17, 15) is 4.79 Å². The van der Waals surface area contributed by atoms with Crippen LogP contribution in [0, 0.1) is 0 Å². The van der Waals surface area contributed by atoms with Crippen LogP contribution in [0.4, 0.5) is 5.69 Å². The van der Waals surface area contributed by atoms with Gasteiger partial charge < -0.3 is 5.32 Å². The molecule has 0 bridgehead atoms. The van der Waals surface area contributed by atoms with Crippen LogP contribution < -0.4 is 5.32 Å². The third-order valence-electron chi connectivity index (χ3n) is 3.88. The molecule has 2 N–H and O–H groups in total. The van der Waals surface area contributed by atoms with Crippen LogP contribution in [-0.2, 0) is 11.2 Å². The number of aromatic amines is 1. The first kappa shape index (κ1) is 18.5. The average molecular weight is 387 g/mol. The van der Waals surface area contributed by atoms with Crippen molar-refractivity contribution >= 4 is 35.0 Å². The molecule has 7 heteroatoms. The summed E-state index contributed by atoms with van der Waals surface area (Å²) < 4.78 is 0. The Morgan fingerprint density at radius 1 is 1.23 bits per heavy atom. The van der Waals surface area contributed by atoms with Crippen LogP contribution in [0.15, 0.2) is 53.7 Å². The van der Waals surface area contributed by atoms with Gasteiger partial charge in [-0.15, -0.1) is 5.10 Å². The third-order valence-corrected chi connectivity index (χ3v) is 5.17. The first-order chi connectivity index (χ1) is 12.6. The second-order valence-corrected chi connectivity index (χ2v) is 7.46. The molecule has 1 amide bonds. The molecule has 0 spiro atoms. The normalized spacial score (nSPS) is 12.0. The van der Waals surface area contributed by atoms with Crippen molar-refractivity contribution in [2.75, 3.05) is 5.32 Å². The summed E-state index contributed by atoms with van der Waals surface area (Å²) >= 11 is 7.37. The van der Waals surface area contributed by atoms with E-state index in [1.165, 1.54) is 17.3 Å². The molecule has 5 nitrogen and oxygen atoms in total. The maximum Gasteiger partial charge on any atom is 0.237 e. The first-order valence-corrected chi connectivity index (χ1v) is 9.56. The van der Waals surface area contributed by atoms with E-state index >= 15 is 0 Å². The van der Waals surface area contributed by atoms with E-state index in [0.717, 1.165) is 12.0 Å². The number of amides is 1. The number of hydrogen-bond donors (Lipinski definition) is 2. The molecule has 0 saturated carbocycles. The van der Waals surface area contributed by atoms with Crippen LogP contribution in [0.1, 0.15) is 19.4 Å². The van der Waals surface area contributed by atoms with E-state index in [1.807, 2.05) is 31.2 Å². The Labute approximate surface area is 161 Å². The van der Waals surface area contributed by atoms with Crippen molar-refractivity contribution in [2.45, 2.75) is 30.7 Å². The molecule has 3 rings (SSSR count). The van der Waals surface area contributed by atoms with E-state index in [4.69, 9.17) is 11.6 Å². The van der Waals surface area contributed by atoms with Gasteiger partial charge in [-0.2, -0.15) is 0 Å². The SMILES string of the molecule is CCc1ccc(-c2nc(S[C@H](C)C(=O)Nc3ccccc3Cl)n[nH]2)cc1. The summed E-state index contributed by atoms with van der Waals surface area (Å²) in [5.41, 5.74) is 2.83. The van der Waals surface area contributed by atoms with E-state index < -0.39 is 0 Å². The number of para-hydroxylation sites is 1. The number of benzene rings is 2. The van der Waals surface area contributed by atoms with Crippen molar-refractivity contribution in [3.8, 4) is 11.4 Å². The lowest BCUT2D eigenvalue weighted by Crippen LogP contribution is -2.22. The predicted molar refractivity (Wildman–Crippen MR) is 107 cm³/mol. The fraction of sp³-hybridized carbons (Fsp3) is 0.211. The molecule has 0 aliphatic rings. The summed E-state index contributed by atoms with van der Waals surface area (Å²) in [4.78, 5) is 16.8. The van der Waals surface area contributed by atoms with Crippen LogP contribution in [-0.4, -0.2) is 26.3 Å². The molecule has 0 radical (unpaired) electrons. The van der Waals surface area contributed by atoms with Crippen LogP contribution in [0.3, 0.4) is 0 Å². The average Bonchev–Trinajstić information content (AvgIpc) is 3.12. The molecule has 1 atom stereocenters. The molecule has 1 heterocycles. The Kier molecular flexibility index (Phi) is 5.96. The lowest BCUT2D eigenvalue weighted by Gasteiger charge is -2.11. The number of thioether (sulfide) groups is 1. The Bertz CT molecular complexity index is 895. The Hall–Kier alpha value is -2.31. The van der Waals surface area contributed by atoms with E-state index in [1.54, 1.807) is 12.1 Å². The number of aromatic nitrogens is 3. The number of aryl methyl sites for hydroxylation is 1. The molecule has 0 fully saturated rings. The summed E-state index contributed by atoms with van der Waals surface area (Å²) in [6.07, 6.45) is 0.996. The molecular formula is C19H19ClN4OS. The molecule has 0 unspecified atom stereocenters. The number of halogens is 1. The molecular weight excluding hydrogens is 368 g/mol. The minimum atomic E-state index is -0.364. The van der Waals surface area contributed by atoms with Gasteiger partial charge >= 0.3 is 0 Å². The van der Waals surface area contributed by atoms with E-state index in [-0.39, 0.29) is 11.2 Å². The summed E-state index contributed by atoms with van der Waals surface area (Å²) in [7, 11) is 0. The van der Waals surface area contributed by atoms with E-state index in [0.29, 0.717) is 21.7 Å². The Morgan fingerprint density at radius 3 is 2.65 bits per heavy atom. The fourth-order valence-corrected chi connectivity index (χ4v) is 3.24. The highest BCUT2D eigenvalue weighted by molar-refractivity contribution is 8.00. The van der Waals surface area contributed by atoms with Crippen LogP contribution in [0.2, 0.25) is 5.02 Å². The lowest BCUT2D eigenvalue weighted by molar-refractivity contribution is -0.115. The highest BCUT2D eigenvalue weighted by Gasteiger charge is 2.18. The topological polar surface area (TPSA) is 70.7 Å². The number of hydrogen-bond acceptors (Lipinski definition) is 4. The first-order valence-electron chi connectivity index (χ1n) is 8.30. The molecule has 0 aliphatic heterocycles. The van der Waals surface area contributed by atoms with Crippen LogP contribution in [0.5, 0.6) is 0 Å². The summed E-state index contributed by atoms with van der Waals surface area (Å²) in [6, 6.07) is 15.3. The van der Waals surface area contributed by atoms with Gasteiger partial charge in [0.1, 0.15) is 0 Å². The van der Waals surface area contributed by atoms with Gasteiger partial charge in [-0.1, -0.05) is 66.7 Å². The number of nitrogens with zero attached hydrogens (tertiary/aromatic N) is 2. The van der Waals surface area contributed by atoms with Crippen molar-refractivity contribution in [3.63, 3.8) is 0 Å².